The Morgan fingerprint density at radius 3 is 2.35 bits per heavy atom. The van der Waals surface area contributed by atoms with Crippen LogP contribution >= 0.6 is 0 Å². The van der Waals surface area contributed by atoms with Gasteiger partial charge in [0.15, 0.2) is 0 Å². The van der Waals surface area contributed by atoms with Crippen LogP contribution in [0.3, 0.4) is 0 Å². The van der Waals surface area contributed by atoms with Gasteiger partial charge in [-0.1, -0.05) is 29.3 Å². The molecule has 0 aromatic heterocycles. The van der Waals surface area contributed by atoms with Crippen LogP contribution in [0.2, 0.25) is 0 Å². The fourth-order valence-corrected chi connectivity index (χ4v) is 2.24. The molecule has 4 heteroatoms. The zero-order chi connectivity index (χ0) is 15.1. The molecule has 0 radical (unpaired) electrons. The van der Waals surface area contributed by atoms with E-state index >= 15 is 0 Å². The van der Waals surface area contributed by atoms with Crippen molar-refractivity contribution in [2.75, 3.05) is 20.3 Å². The highest BCUT2D eigenvalue weighted by atomic mass is 16.5. The third-order valence-electron chi connectivity index (χ3n) is 3.24. The molecule has 1 aromatic carbocycles. The second-order valence-corrected chi connectivity index (χ2v) is 5.31. The molecule has 0 aliphatic heterocycles. The van der Waals surface area contributed by atoms with Crippen LogP contribution in [0, 0.1) is 13.8 Å². The molecule has 0 spiro atoms. The molecule has 2 atom stereocenters. The summed E-state index contributed by atoms with van der Waals surface area (Å²) < 4.78 is 4.91. The zero-order valence-corrected chi connectivity index (χ0v) is 13.1. The Labute approximate surface area is 121 Å². The maximum absolute atomic E-state index is 11.9. The molecule has 1 aromatic rings. The largest absolute Gasteiger partial charge is 0.383 e. The maximum Gasteiger partial charge on any atom is 0.236 e. The highest BCUT2D eigenvalue weighted by molar-refractivity contribution is 5.81. The quantitative estimate of drug-likeness (QED) is 0.751. The van der Waals surface area contributed by atoms with Gasteiger partial charge in [-0.05, 0) is 33.3 Å². The van der Waals surface area contributed by atoms with Gasteiger partial charge in [0, 0.05) is 19.7 Å². The first-order valence-corrected chi connectivity index (χ1v) is 7.05. The molecule has 0 saturated carbocycles. The Morgan fingerprint density at radius 2 is 1.80 bits per heavy atom. The van der Waals surface area contributed by atoms with E-state index in [-0.39, 0.29) is 18.0 Å². The molecule has 20 heavy (non-hydrogen) atoms. The minimum atomic E-state index is -0.234. The molecule has 1 rings (SSSR count). The second-order valence-electron chi connectivity index (χ2n) is 5.31. The first-order chi connectivity index (χ1) is 9.43. The molecule has 0 aliphatic carbocycles. The van der Waals surface area contributed by atoms with Crippen molar-refractivity contribution in [2.24, 2.45) is 0 Å². The van der Waals surface area contributed by atoms with Gasteiger partial charge in [0.2, 0.25) is 5.91 Å². The SMILES string of the molecule is COCCNC(=O)C(C)NC(C)c1cc(C)cc(C)c1. The number of carbonyl (C=O) groups is 1. The van der Waals surface area contributed by atoms with Gasteiger partial charge in [-0.3, -0.25) is 10.1 Å². The summed E-state index contributed by atoms with van der Waals surface area (Å²) in [4.78, 5) is 11.9. The molecule has 2 unspecified atom stereocenters. The smallest absolute Gasteiger partial charge is 0.236 e. The number of ether oxygens (including phenoxy) is 1. The van der Waals surface area contributed by atoms with Crippen molar-refractivity contribution in [3.63, 3.8) is 0 Å². The summed E-state index contributed by atoms with van der Waals surface area (Å²) in [6.45, 7) is 9.20. The minimum Gasteiger partial charge on any atom is -0.383 e. The second kappa shape index (κ2) is 8.02. The van der Waals surface area contributed by atoms with Crippen LogP contribution in [0.5, 0.6) is 0 Å². The number of nitrogens with one attached hydrogen (secondary N) is 2. The van der Waals surface area contributed by atoms with Crippen LogP contribution < -0.4 is 10.6 Å². The highest BCUT2D eigenvalue weighted by Gasteiger charge is 2.16. The molecular weight excluding hydrogens is 252 g/mol. The number of amides is 1. The first-order valence-electron chi connectivity index (χ1n) is 7.05. The molecule has 4 nitrogen and oxygen atoms in total. The van der Waals surface area contributed by atoms with Crippen molar-refractivity contribution in [3.8, 4) is 0 Å². The normalized spacial score (nSPS) is 13.8. The molecule has 112 valence electrons. The zero-order valence-electron chi connectivity index (χ0n) is 13.1. The lowest BCUT2D eigenvalue weighted by Gasteiger charge is -2.20. The van der Waals surface area contributed by atoms with Gasteiger partial charge in [0.25, 0.3) is 0 Å². The van der Waals surface area contributed by atoms with Crippen molar-refractivity contribution in [1.82, 2.24) is 10.6 Å². The Morgan fingerprint density at radius 1 is 1.20 bits per heavy atom. The third-order valence-corrected chi connectivity index (χ3v) is 3.24. The molecule has 2 N–H and O–H groups in total. The van der Waals surface area contributed by atoms with E-state index in [1.807, 2.05) is 6.92 Å². The topological polar surface area (TPSA) is 50.4 Å². The summed E-state index contributed by atoms with van der Waals surface area (Å²) in [6.07, 6.45) is 0. The van der Waals surface area contributed by atoms with Gasteiger partial charge >= 0.3 is 0 Å². The summed E-state index contributed by atoms with van der Waals surface area (Å²) in [5.74, 6) is -0.00160. The van der Waals surface area contributed by atoms with Crippen LogP contribution in [0.1, 0.15) is 36.6 Å². The number of rotatable bonds is 7. The lowest BCUT2D eigenvalue weighted by molar-refractivity contribution is -0.123. The van der Waals surface area contributed by atoms with Gasteiger partial charge < -0.3 is 10.1 Å². The summed E-state index contributed by atoms with van der Waals surface area (Å²) in [5, 5.41) is 6.16. The van der Waals surface area contributed by atoms with Crippen LogP contribution in [0.15, 0.2) is 18.2 Å². The standard InChI is InChI=1S/C16H26N2O2/c1-11-8-12(2)10-15(9-11)13(3)18-14(4)16(19)17-6-7-20-5/h8-10,13-14,18H,6-7H2,1-5H3,(H,17,19). The van der Waals surface area contributed by atoms with Crippen LogP contribution in [-0.4, -0.2) is 32.2 Å². The van der Waals surface area contributed by atoms with Gasteiger partial charge in [0.05, 0.1) is 12.6 Å². The van der Waals surface area contributed by atoms with Gasteiger partial charge in [-0.15, -0.1) is 0 Å². The maximum atomic E-state index is 11.9. The number of carbonyl (C=O) groups excluding carboxylic acids is 1. The Kier molecular flexibility index (Phi) is 6.68. The van der Waals surface area contributed by atoms with Crippen LogP contribution in [-0.2, 0) is 9.53 Å². The van der Waals surface area contributed by atoms with E-state index in [0.29, 0.717) is 13.2 Å². The number of methoxy groups -OCH3 is 1. The number of hydrogen-bond donors (Lipinski definition) is 2. The van der Waals surface area contributed by atoms with Crippen molar-refractivity contribution < 1.29 is 9.53 Å². The monoisotopic (exact) mass is 278 g/mol. The third kappa shape index (κ3) is 5.31. The average Bonchev–Trinajstić information content (AvgIpc) is 2.37. The van der Waals surface area contributed by atoms with E-state index in [1.54, 1.807) is 7.11 Å². The van der Waals surface area contributed by atoms with Crippen molar-refractivity contribution in [3.05, 3.63) is 34.9 Å². The van der Waals surface area contributed by atoms with E-state index in [9.17, 15) is 4.79 Å². The van der Waals surface area contributed by atoms with Crippen LogP contribution in [0.4, 0.5) is 0 Å². The van der Waals surface area contributed by atoms with Crippen molar-refractivity contribution in [2.45, 2.75) is 39.8 Å². The molecule has 0 saturated heterocycles. The minimum absolute atomic E-state index is 0.00160. The van der Waals surface area contributed by atoms with Gasteiger partial charge in [-0.25, -0.2) is 0 Å². The first kappa shape index (κ1) is 16.7. The van der Waals surface area contributed by atoms with Crippen molar-refractivity contribution in [1.29, 1.82) is 0 Å². The predicted octanol–water partition coefficient (Wildman–Crippen LogP) is 2.11. The Bertz CT molecular complexity index is 426. The number of aryl methyl sites for hydroxylation is 2. The van der Waals surface area contributed by atoms with E-state index in [2.05, 4.69) is 49.6 Å². The number of hydrogen-bond acceptors (Lipinski definition) is 3. The van der Waals surface area contributed by atoms with E-state index in [1.165, 1.54) is 16.7 Å². The van der Waals surface area contributed by atoms with Gasteiger partial charge in [-0.2, -0.15) is 0 Å². The highest BCUT2D eigenvalue weighted by Crippen LogP contribution is 2.17. The summed E-state index contributed by atoms with van der Waals surface area (Å²) in [5.41, 5.74) is 3.69. The van der Waals surface area contributed by atoms with E-state index in [4.69, 9.17) is 4.74 Å². The summed E-state index contributed by atoms with van der Waals surface area (Å²) in [6, 6.07) is 6.36. The number of benzene rings is 1. The van der Waals surface area contributed by atoms with Crippen LogP contribution in [0.25, 0.3) is 0 Å². The molecule has 1 amide bonds. The lowest BCUT2D eigenvalue weighted by Crippen LogP contribution is -2.44. The Hall–Kier alpha value is -1.39. The Balaban J connectivity index is 2.56. The molecule has 0 heterocycles. The van der Waals surface area contributed by atoms with Crippen molar-refractivity contribution >= 4 is 5.91 Å². The summed E-state index contributed by atoms with van der Waals surface area (Å²) in [7, 11) is 1.62. The molecule has 0 aliphatic rings. The fourth-order valence-electron chi connectivity index (χ4n) is 2.24. The predicted molar refractivity (Wildman–Crippen MR) is 81.8 cm³/mol. The fraction of sp³-hybridized carbons (Fsp3) is 0.562. The molecule has 0 bridgehead atoms. The summed E-state index contributed by atoms with van der Waals surface area (Å²) >= 11 is 0. The molecular formula is C16H26N2O2. The lowest BCUT2D eigenvalue weighted by atomic mass is 10.0. The van der Waals surface area contributed by atoms with Gasteiger partial charge in [0.1, 0.15) is 0 Å². The van der Waals surface area contributed by atoms with E-state index < -0.39 is 0 Å². The van der Waals surface area contributed by atoms with E-state index in [0.717, 1.165) is 0 Å². The average molecular weight is 278 g/mol. The molecule has 0 fully saturated rings.